The molecule has 33 heavy (non-hydrogen) atoms. The zero-order valence-corrected chi connectivity index (χ0v) is 18.7. The average Bonchev–Trinajstić information content (AvgIpc) is 3.38. The van der Waals surface area contributed by atoms with Gasteiger partial charge in [0.25, 0.3) is 0 Å². The Labute approximate surface area is 194 Å². The molecule has 0 atom stereocenters. The van der Waals surface area contributed by atoms with E-state index in [1.54, 1.807) is 6.33 Å². The first-order chi connectivity index (χ1) is 16.0. The van der Waals surface area contributed by atoms with Crippen molar-refractivity contribution < 1.29 is 0 Å². The summed E-state index contributed by atoms with van der Waals surface area (Å²) < 4.78 is 1.99. The van der Waals surface area contributed by atoms with Gasteiger partial charge in [-0.3, -0.25) is 4.57 Å². The number of rotatable bonds is 5. The zero-order valence-electron chi connectivity index (χ0n) is 18.0. The van der Waals surface area contributed by atoms with E-state index in [2.05, 4.69) is 44.2 Å². The molecular weight excluding hydrogens is 438 g/mol. The molecule has 1 aliphatic heterocycles. The smallest absolute Gasteiger partial charge is 0.229 e. The summed E-state index contributed by atoms with van der Waals surface area (Å²) in [4.78, 5) is 24.3. The Morgan fingerprint density at radius 3 is 2.85 bits per heavy atom. The predicted octanol–water partition coefficient (Wildman–Crippen LogP) is 3.41. The highest BCUT2D eigenvalue weighted by Gasteiger charge is 2.27. The molecule has 0 saturated carbocycles. The van der Waals surface area contributed by atoms with Crippen LogP contribution in [0.3, 0.4) is 0 Å². The van der Waals surface area contributed by atoms with Crippen LogP contribution in [0.25, 0.3) is 27.9 Å². The van der Waals surface area contributed by atoms with Crippen molar-refractivity contribution in [3.05, 3.63) is 65.2 Å². The van der Waals surface area contributed by atoms with E-state index in [0.717, 1.165) is 41.3 Å². The minimum Gasteiger partial charge on any atom is -0.361 e. The van der Waals surface area contributed by atoms with Gasteiger partial charge >= 0.3 is 0 Å². The first kappa shape index (κ1) is 20.0. The molecule has 1 saturated heterocycles. The highest BCUT2D eigenvalue weighted by atomic mass is 35.5. The Kier molecular flexibility index (Phi) is 4.67. The summed E-state index contributed by atoms with van der Waals surface area (Å²) >= 11 is 6.09. The number of imidazole rings is 2. The number of hydrogen-bond acceptors (Lipinski definition) is 7. The number of aryl methyl sites for hydroxylation is 1. The molecule has 1 aliphatic rings. The first-order valence-corrected chi connectivity index (χ1v) is 11.1. The Bertz CT molecular complexity index is 1480. The van der Waals surface area contributed by atoms with Gasteiger partial charge in [0.1, 0.15) is 12.2 Å². The Hall–Kier alpha value is -3.69. The topological polar surface area (TPSA) is 114 Å². The number of nitrogens with one attached hydrogen (secondary N) is 2. The van der Waals surface area contributed by atoms with Crippen LogP contribution in [-0.4, -0.2) is 48.6 Å². The molecule has 0 radical (unpaired) electrons. The Morgan fingerprint density at radius 1 is 1.15 bits per heavy atom. The van der Waals surface area contributed by atoms with E-state index in [1.807, 2.05) is 34.9 Å². The van der Waals surface area contributed by atoms with Gasteiger partial charge in [0, 0.05) is 29.8 Å². The Balaban J connectivity index is 1.39. The summed E-state index contributed by atoms with van der Waals surface area (Å²) in [6.07, 6.45) is 1.79. The summed E-state index contributed by atoms with van der Waals surface area (Å²) in [7, 11) is 0. The Morgan fingerprint density at radius 2 is 2.03 bits per heavy atom. The molecular formula is C23H22ClN9. The third-order valence-corrected chi connectivity index (χ3v) is 6.01. The van der Waals surface area contributed by atoms with Crippen LogP contribution in [0.5, 0.6) is 0 Å². The summed E-state index contributed by atoms with van der Waals surface area (Å²) in [5.41, 5.74) is 11.4. The number of fused-ring (bicyclic) bond motifs is 2. The largest absolute Gasteiger partial charge is 0.361 e. The highest BCUT2D eigenvalue weighted by Crippen LogP contribution is 2.27. The minimum atomic E-state index is 0.143. The third-order valence-electron chi connectivity index (χ3n) is 5.77. The van der Waals surface area contributed by atoms with Crippen molar-refractivity contribution in [2.24, 2.45) is 5.73 Å². The minimum absolute atomic E-state index is 0.143. The average molecular weight is 460 g/mol. The molecule has 3 aromatic heterocycles. The molecule has 9 nitrogen and oxygen atoms in total. The van der Waals surface area contributed by atoms with Crippen LogP contribution in [0.15, 0.2) is 48.8 Å². The maximum Gasteiger partial charge on any atom is 0.229 e. The fraction of sp³-hybridized carbons (Fsp3) is 0.217. The third kappa shape index (κ3) is 3.65. The van der Waals surface area contributed by atoms with Crippen LogP contribution < -0.4 is 16.0 Å². The second-order valence-corrected chi connectivity index (χ2v) is 8.80. The summed E-state index contributed by atoms with van der Waals surface area (Å²) in [6, 6.07) is 14.0. The standard InChI is InChI=1S/C23H22ClN9/c1-13-3-2-4-16(7-13)33-12-27-20-21(30-23(31-22(20)33)32-10-15(25)11-32)26-9-19-28-17-6-5-14(24)8-18(17)29-19/h2-8,12,15H,9-11,25H2,1H3,(H,28,29)(H,26,30,31). The van der Waals surface area contributed by atoms with Crippen molar-refractivity contribution in [3.8, 4) is 5.69 Å². The fourth-order valence-corrected chi connectivity index (χ4v) is 4.25. The van der Waals surface area contributed by atoms with Crippen molar-refractivity contribution in [2.45, 2.75) is 19.5 Å². The van der Waals surface area contributed by atoms with Crippen molar-refractivity contribution in [3.63, 3.8) is 0 Å². The first-order valence-electron chi connectivity index (χ1n) is 10.7. The second kappa shape index (κ2) is 7.72. The van der Waals surface area contributed by atoms with Gasteiger partial charge in [0.05, 0.1) is 17.6 Å². The van der Waals surface area contributed by atoms with Crippen LogP contribution in [0.4, 0.5) is 11.8 Å². The molecule has 0 bridgehead atoms. The van der Waals surface area contributed by atoms with Gasteiger partial charge in [-0.25, -0.2) is 9.97 Å². The number of benzene rings is 2. The molecule has 10 heteroatoms. The van der Waals surface area contributed by atoms with Gasteiger partial charge in [-0.05, 0) is 42.8 Å². The summed E-state index contributed by atoms with van der Waals surface area (Å²) in [6.45, 7) is 3.98. The molecule has 0 amide bonds. The molecule has 166 valence electrons. The van der Waals surface area contributed by atoms with Crippen LogP contribution in [0.1, 0.15) is 11.4 Å². The van der Waals surface area contributed by atoms with E-state index in [9.17, 15) is 0 Å². The van der Waals surface area contributed by atoms with Crippen molar-refractivity contribution in [1.29, 1.82) is 0 Å². The number of hydrogen-bond donors (Lipinski definition) is 3. The number of nitrogens with zero attached hydrogens (tertiary/aromatic N) is 6. The molecule has 0 spiro atoms. The number of aromatic nitrogens is 6. The molecule has 6 rings (SSSR count). The molecule has 4 N–H and O–H groups in total. The number of halogens is 1. The van der Waals surface area contributed by atoms with Gasteiger partial charge in [-0.2, -0.15) is 9.97 Å². The maximum absolute atomic E-state index is 6.09. The van der Waals surface area contributed by atoms with Crippen LogP contribution >= 0.6 is 11.6 Å². The summed E-state index contributed by atoms with van der Waals surface area (Å²) in [5.74, 6) is 2.07. The van der Waals surface area contributed by atoms with Gasteiger partial charge < -0.3 is 20.9 Å². The monoisotopic (exact) mass is 459 g/mol. The maximum atomic E-state index is 6.09. The number of anilines is 2. The highest BCUT2D eigenvalue weighted by molar-refractivity contribution is 6.31. The number of aromatic amines is 1. The van der Waals surface area contributed by atoms with E-state index in [-0.39, 0.29) is 6.04 Å². The van der Waals surface area contributed by atoms with Gasteiger partial charge in [0.15, 0.2) is 17.0 Å². The van der Waals surface area contributed by atoms with Crippen LogP contribution in [0.2, 0.25) is 5.02 Å². The van der Waals surface area contributed by atoms with Crippen molar-refractivity contribution in [2.75, 3.05) is 23.3 Å². The van der Waals surface area contributed by atoms with Gasteiger partial charge in [0.2, 0.25) is 5.95 Å². The number of H-pyrrole nitrogens is 1. The summed E-state index contributed by atoms with van der Waals surface area (Å²) in [5, 5.41) is 4.06. The molecule has 2 aromatic carbocycles. The van der Waals surface area contributed by atoms with E-state index in [1.165, 1.54) is 5.56 Å². The number of nitrogens with two attached hydrogens (primary N) is 1. The van der Waals surface area contributed by atoms with E-state index in [4.69, 9.17) is 27.3 Å². The van der Waals surface area contributed by atoms with E-state index < -0.39 is 0 Å². The second-order valence-electron chi connectivity index (χ2n) is 8.36. The lowest BCUT2D eigenvalue weighted by atomic mass is 10.1. The zero-order chi connectivity index (χ0) is 22.5. The van der Waals surface area contributed by atoms with Crippen molar-refractivity contribution in [1.82, 2.24) is 29.5 Å². The predicted molar refractivity (Wildman–Crippen MR) is 130 cm³/mol. The van der Waals surface area contributed by atoms with Crippen LogP contribution in [0, 0.1) is 6.92 Å². The lowest BCUT2D eigenvalue weighted by Gasteiger charge is -2.36. The molecule has 4 heterocycles. The normalized spacial score (nSPS) is 14.2. The quantitative estimate of drug-likeness (QED) is 0.369. The van der Waals surface area contributed by atoms with Crippen molar-refractivity contribution >= 4 is 45.6 Å². The van der Waals surface area contributed by atoms with Gasteiger partial charge in [-0.1, -0.05) is 23.7 Å². The van der Waals surface area contributed by atoms with E-state index >= 15 is 0 Å². The lowest BCUT2D eigenvalue weighted by molar-refractivity contribution is 0.509. The molecule has 0 aliphatic carbocycles. The lowest BCUT2D eigenvalue weighted by Crippen LogP contribution is -2.56. The fourth-order valence-electron chi connectivity index (χ4n) is 4.08. The SMILES string of the molecule is Cc1cccc(-n2cnc3c(NCc4nc5cc(Cl)ccc5[nH]4)nc(N4CC(N)C4)nc32)c1. The van der Waals surface area contributed by atoms with Gasteiger partial charge in [-0.15, -0.1) is 0 Å². The van der Waals surface area contributed by atoms with E-state index in [0.29, 0.717) is 28.9 Å². The molecule has 5 aromatic rings. The molecule has 0 unspecified atom stereocenters. The van der Waals surface area contributed by atoms with Crippen LogP contribution in [-0.2, 0) is 6.54 Å². The molecule has 1 fully saturated rings.